The van der Waals surface area contributed by atoms with E-state index in [1.165, 1.54) is 4.43 Å². The van der Waals surface area contributed by atoms with E-state index in [2.05, 4.69) is 6.07 Å². The Kier molecular flexibility index (Phi) is 8.13. The van der Waals surface area contributed by atoms with Crippen LogP contribution in [0, 0.1) is 0 Å². The van der Waals surface area contributed by atoms with Crippen LogP contribution in [0.3, 0.4) is 0 Å². The predicted molar refractivity (Wildman–Crippen MR) is 80.6 cm³/mol. The fourth-order valence-corrected chi connectivity index (χ4v) is 3.00. The fourth-order valence-electron chi connectivity index (χ4n) is 1.84. The van der Waals surface area contributed by atoms with E-state index in [9.17, 15) is 5.11 Å². The van der Waals surface area contributed by atoms with Crippen LogP contribution in [0.2, 0.25) is 5.28 Å². The van der Waals surface area contributed by atoms with Crippen molar-refractivity contribution in [2.24, 2.45) is 0 Å². The maximum atomic E-state index is 9.87. The predicted octanol–water partition coefficient (Wildman–Crippen LogP) is 1.98. The first-order valence-electron chi connectivity index (χ1n) is 6.02. The first kappa shape index (κ1) is 16.8. The van der Waals surface area contributed by atoms with Gasteiger partial charge in [-0.25, -0.2) is 4.57 Å². The molecule has 0 amide bonds. The zero-order chi connectivity index (χ0) is 14.8. The van der Waals surface area contributed by atoms with Gasteiger partial charge in [0.2, 0.25) is 0 Å². The summed E-state index contributed by atoms with van der Waals surface area (Å²) in [6.07, 6.45) is 0. The number of aromatic hydroxyl groups is 1. The van der Waals surface area contributed by atoms with Gasteiger partial charge in [0.1, 0.15) is 0 Å². The summed E-state index contributed by atoms with van der Waals surface area (Å²) >= 11 is 0.0514. The number of hydrogen-bond acceptors (Lipinski definition) is 3. The number of aliphatic hydroxyl groups is 1. The molecule has 0 saturated heterocycles. The summed E-state index contributed by atoms with van der Waals surface area (Å²) in [6, 6.07) is 15.4. The number of para-hydroxylation sites is 1. The third-order valence-electron chi connectivity index (χ3n) is 2.65. The van der Waals surface area contributed by atoms with Gasteiger partial charge >= 0.3 is 116 Å². The molecule has 0 saturated carbocycles. The average Bonchev–Trinajstić information content (AvgIpc) is 2.47. The van der Waals surface area contributed by atoms with Crippen molar-refractivity contribution in [1.82, 2.24) is 0 Å². The van der Waals surface area contributed by atoms with Crippen LogP contribution in [0.5, 0.6) is 5.75 Å². The van der Waals surface area contributed by atoms with Gasteiger partial charge in [0.05, 0.1) is 0 Å². The summed E-state index contributed by atoms with van der Waals surface area (Å²) in [5.74, 6) is 0.309. The van der Waals surface area contributed by atoms with E-state index in [-0.39, 0.29) is 21.8 Å². The topological polar surface area (TPSA) is 77.8 Å². The van der Waals surface area contributed by atoms with E-state index < -0.39 is 8.69 Å². The number of hydrogen-bond donors (Lipinski definition) is 3. The Morgan fingerprint density at radius 1 is 1.00 bits per heavy atom. The quantitative estimate of drug-likeness (QED) is 0.596. The Labute approximate surface area is 125 Å². The van der Waals surface area contributed by atoms with Crippen LogP contribution in [0.1, 0.15) is 0 Å². The van der Waals surface area contributed by atoms with Crippen molar-refractivity contribution in [3.63, 3.8) is 0 Å². The molecule has 6 heteroatoms. The standard InChI is InChI=1S/C12H9O.C2H5O.Al.HO2P/c13-12-9-5-4-8-11(12)10-6-2-1-3-7-10;1-2-3;;1-3-2/h1-6,8-9,13H;3H,1-2H2;;(H,1,2)/q;;+1;. The van der Waals surface area contributed by atoms with Gasteiger partial charge in [-0.1, -0.05) is 0 Å². The summed E-state index contributed by atoms with van der Waals surface area (Å²) in [5.41, 5.74) is 1.95. The van der Waals surface area contributed by atoms with Gasteiger partial charge in [-0.3, -0.25) is 0 Å². The second-order valence-corrected chi connectivity index (χ2v) is 5.67. The maximum absolute atomic E-state index is 9.87. The van der Waals surface area contributed by atoms with E-state index in [1.54, 1.807) is 6.07 Å². The molecule has 2 aromatic carbocycles. The number of aliphatic hydroxyl groups excluding tert-OH is 1. The Morgan fingerprint density at radius 3 is 2.15 bits per heavy atom. The molecule has 0 spiro atoms. The monoisotopic (exact) mass is 305 g/mol. The van der Waals surface area contributed by atoms with Crippen molar-refractivity contribution in [3.8, 4) is 16.9 Å². The summed E-state index contributed by atoms with van der Waals surface area (Å²) in [6.45, 7) is 0.227. The minimum absolute atomic E-state index is 0.0514. The SMILES string of the molecule is O=PO.OC[CH2][Al+][c]1ccccc1-c1ccccc1O. The van der Waals surface area contributed by atoms with Crippen molar-refractivity contribution in [2.45, 2.75) is 5.28 Å². The van der Waals surface area contributed by atoms with E-state index in [0.29, 0.717) is 5.75 Å². The minimum atomic E-state index is -0.833. The molecule has 0 fully saturated rings. The van der Waals surface area contributed by atoms with E-state index in [4.69, 9.17) is 14.6 Å². The molecule has 102 valence electrons. The van der Waals surface area contributed by atoms with Gasteiger partial charge < -0.3 is 4.89 Å². The molecule has 2 aromatic rings. The molecule has 4 nitrogen and oxygen atoms in total. The van der Waals surface area contributed by atoms with Gasteiger partial charge in [-0.15, -0.1) is 0 Å². The van der Waals surface area contributed by atoms with Crippen LogP contribution in [0.25, 0.3) is 11.1 Å². The molecule has 0 unspecified atom stereocenters. The Hall–Kier alpha value is -1.21. The fraction of sp³-hybridized carbons (Fsp3) is 0.143. The van der Waals surface area contributed by atoms with Crippen molar-refractivity contribution < 1.29 is 19.7 Å². The van der Waals surface area contributed by atoms with Crippen molar-refractivity contribution >= 4 is 28.3 Å². The van der Waals surface area contributed by atoms with E-state index >= 15 is 0 Å². The third kappa shape index (κ3) is 5.05. The molecule has 0 heterocycles. The molecule has 0 atom stereocenters. The third-order valence-corrected chi connectivity index (χ3v) is 4.14. The van der Waals surface area contributed by atoms with Crippen LogP contribution in [-0.4, -0.2) is 36.9 Å². The molecule has 0 aliphatic rings. The Bertz CT molecular complexity index is 548. The summed E-state index contributed by atoms with van der Waals surface area (Å²) < 4.78 is 9.70. The Morgan fingerprint density at radius 2 is 1.55 bits per heavy atom. The van der Waals surface area contributed by atoms with Gasteiger partial charge in [0, 0.05) is 0 Å². The molecule has 0 aliphatic carbocycles. The van der Waals surface area contributed by atoms with Crippen LogP contribution in [-0.2, 0) is 4.57 Å². The normalized spacial score (nSPS) is 9.50. The first-order valence-corrected chi connectivity index (χ1v) is 8.18. The van der Waals surface area contributed by atoms with Crippen molar-refractivity contribution in [3.05, 3.63) is 48.5 Å². The first-order chi connectivity index (χ1) is 9.74. The van der Waals surface area contributed by atoms with Crippen molar-refractivity contribution in [2.75, 3.05) is 6.61 Å². The van der Waals surface area contributed by atoms with Gasteiger partial charge in [0.25, 0.3) is 0 Å². The van der Waals surface area contributed by atoms with Gasteiger partial charge in [-0.05, 0) is 0 Å². The van der Waals surface area contributed by atoms with Crippen LogP contribution >= 0.6 is 8.69 Å². The second kappa shape index (κ2) is 9.66. The van der Waals surface area contributed by atoms with E-state index in [0.717, 1.165) is 16.4 Å². The molecule has 0 aromatic heterocycles. The van der Waals surface area contributed by atoms with Gasteiger partial charge in [-0.2, -0.15) is 0 Å². The molecule has 2 rings (SSSR count). The molecule has 20 heavy (non-hydrogen) atoms. The number of phenolic OH excluding ortho intramolecular Hbond substituents is 1. The van der Waals surface area contributed by atoms with Crippen LogP contribution in [0.15, 0.2) is 48.5 Å². The van der Waals surface area contributed by atoms with Crippen LogP contribution in [0.4, 0.5) is 0 Å². The van der Waals surface area contributed by atoms with E-state index in [1.807, 2.05) is 36.4 Å². The summed E-state index contributed by atoms with van der Waals surface area (Å²) in [7, 11) is -0.833. The molecule has 0 bridgehead atoms. The average molecular weight is 305 g/mol. The molecule has 0 aliphatic heterocycles. The van der Waals surface area contributed by atoms with Crippen LogP contribution < -0.4 is 4.43 Å². The van der Waals surface area contributed by atoms with Crippen molar-refractivity contribution in [1.29, 1.82) is 0 Å². The molecular weight excluding hydrogens is 290 g/mol. The number of phenols is 1. The zero-order valence-electron chi connectivity index (χ0n) is 10.8. The number of benzene rings is 2. The zero-order valence-corrected chi connectivity index (χ0v) is 12.9. The summed E-state index contributed by atoms with van der Waals surface area (Å²) in [4.78, 5) is 6.99. The van der Waals surface area contributed by atoms with Gasteiger partial charge in [0.15, 0.2) is 0 Å². The molecular formula is C14H15AlO4P+. The molecule has 3 N–H and O–H groups in total. The number of rotatable bonds is 4. The Balaban J connectivity index is 0.000000612. The molecule has 0 radical (unpaired) electrons. The summed E-state index contributed by atoms with van der Waals surface area (Å²) in [5, 5.41) is 19.6. The second-order valence-electron chi connectivity index (χ2n) is 3.90.